The molecule has 0 unspecified atom stereocenters. The minimum atomic E-state index is -1.06. The van der Waals surface area contributed by atoms with Gasteiger partial charge >= 0.3 is 5.97 Å². The third-order valence-corrected chi connectivity index (χ3v) is 4.37. The first kappa shape index (κ1) is 16.6. The molecule has 1 fully saturated rings. The van der Waals surface area contributed by atoms with Crippen LogP contribution in [-0.2, 0) is 16.1 Å². The number of carboxylic acids is 1. The largest absolute Gasteiger partial charge is 0.480 e. The Labute approximate surface area is 140 Å². The van der Waals surface area contributed by atoms with Crippen molar-refractivity contribution in [3.63, 3.8) is 0 Å². The summed E-state index contributed by atoms with van der Waals surface area (Å²) in [5, 5.41) is 21.7. The predicted octanol–water partition coefficient (Wildman–Crippen LogP) is 1.96. The van der Waals surface area contributed by atoms with Crippen molar-refractivity contribution in [3.05, 3.63) is 59.7 Å². The lowest BCUT2D eigenvalue weighted by molar-refractivity contribution is -0.142. The van der Waals surface area contributed by atoms with Crippen LogP contribution in [0.4, 0.5) is 0 Å². The number of rotatable bonds is 5. The Kier molecular flexibility index (Phi) is 4.94. The monoisotopic (exact) mass is 327 g/mol. The predicted molar refractivity (Wildman–Crippen MR) is 90.6 cm³/mol. The van der Waals surface area contributed by atoms with Gasteiger partial charge in [-0.1, -0.05) is 48.5 Å². The Morgan fingerprint density at radius 3 is 2.62 bits per heavy atom. The van der Waals surface area contributed by atoms with E-state index >= 15 is 0 Å². The molecule has 3 atom stereocenters. The summed E-state index contributed by atoms with van der Waals surface area (Å²) in [5.74, 6) is -1.06. The van der Waals surface area contributed by atoms with Crippen LogP contribution in [0.2, 0.25) is 0 Å². The molecule has 3 N–H and O–H groups in total. The molecule has 5 heteroatoms. The lowest BCUT2D eigenvalue weighted by atomic mass is 9.99. The molecule has 2 aromatic carbocycles. The van der Waals surface area contributed by atoms with Gasteiger partial charge in [0.15, 0.2) is 0 Å². The number of aliphatic hydroxyl groups excluding tert-OH is 1. The molecule has 1 aliphatic heterocycles. The molecule has 0 aliphatic carbocycles. The second-order valence-electron chi connectivity index (χ2n) is 6.08. The van der Waals surface area contributed by atoms with Crippen molar-refractivity contribution < 1.29 is 19.7 Å². The highest BCUT2D eigenvalue weighted by Gasteiger charge is 2.39. The van der Waals surface area contributed by atoms with E-state index in [1.165, 1.54) is 11.1 Å². The first-order chi connectivity index (χ1) is 11.6. The fourth-order valence-electron chi connectivity index (χ4n) is 3.05. The molecule has 0 radical (unpaired) electrons. The number of nitrogens with one attached hydrogen (secondary N) is 1. The van der Waals surface area contributed by atoms with Crippen molar-refractivity contribution in [2.24, 2.45) is 0 Å². The molecule has 0 saturated carbocycles. The third-order valence-electron chi connectivity index (χ3n) is 4.37. The molecule has 1 heterocycles. The maximum atomic E-state index is 11.0. The first-order valence-corrected chi connectivity index (χ1v) is 7.97. The van der Waals surface area contributed by atoms with Crippen molar-refractivity contribution in [2.75, 3.05) is 6.54 Å². The lowest BCUT2D eigenvalue weighted by Crippen LogP contribution is -2.40. The highest BCUT2D eigenvalue weighted by molar-refractivity contribution is 5.75. The van der Waals surface area contributed by atoms with E-state index in [0.29, 0.717) is 13.2 Å². The molecule has 0 bridgehead atoms. The van der Waals surface area contributed by atoms with E-state index in [-0.39, 0.29) is 0 Å². The van der Waals surface area contributed by atoms with Gasteiger partial charge in [0.25, 0.3) is 0 Å². The van der Waals surface area contributed by atoms with E-state index < -0.39 is 24.2 Å². The lowest BCUT2D eigenvalue weighted by Gasteiger charge is -2.17. The molecule has 126 valence electrons. The van der Waals surface area contributed by atoms with Crippen LogP contribution in [0.15, 0.2) is 48.5 Å². The molecule has 3 rings (SSSR count). The molecular weight excluding hydrogens is 306 g/mol. The number of aliphatic hydroxyl groups is 1. The van der Waals surface area contributed by atoms with Gasteiger partial charge in [-0.3, -0.25) is 10.1 Å². The Morgan fingerprint density at radius 1 is 1.25 bits per heavy atom. The maximum Gasteiger partial charge on any atom is 0.323 e. The van der Waals surface area contributed by atoms with Crippen LogP contribution < -0.4 is 5.32 Å². The van der Waals surface area contributed by atoms with Gasteiger partial charge in [0.05, 0.1) is 12.7 Å². The van der Waals surface area contributed by atoms with Crippen molar-refractivity contribution in [1.29, 1.82) is 0 Å². The zero-order chi connectivity index (χ0) is 17.1. The molecule has 0 amide bonds. The van der Waals surface area contributed by atoms with Crippen LogP contribution >= 0.6 is 0 Å². The van der Waals surface area contributed by atoms with Crippen molar-refractivity contribution >= 4 is 5.97 Å². The number of aliphatic carboxylic acids is 1. The van der Waals surface area contributed by atoms with Crippen molar-refractivity contribution in [3.8, 4) is 11.1 Å². The summed E-state index contributed by atoms with van der Waals surface area (Å²) >= 11 is 0. The summed E-state index contributed by atoms with van der Waals surface area (Å²) in [6.45, 7) is 2.73. The molecule has 5 nitrogen and oxygen atoms in total. The van der Waals surface area contributed by atoms with Crippen LogP contribution in [0.5, 0.6) is 0 Å². The zero-order valence-corrected chi connectivity index (χ0v) is 13.5. The molecule has 1 aliphatic rings. The number of hydrogen-bond donors (Lipinski definition) is 3. The van der Waals surface area contributed by atoms with Crippen LogP contribution in [0.3, 0.4) is 0 Å². The van der Waals surface area contributed by atoms with Gasteiger partial charge in [-0.05, 0) is 29.2 Å². The number of benzene rings is 2. The summed E-state index contributed by atoms with van der Waals surface area (Å²) in [6, 6.07) is 15.3. The molecule has 1 saturated heterocycles. The van der Waals surface area contributed by atoms with Crippen molar-refractivity contribution in [1.82, 2.24) is 5.32 Å². The van der Waals surface area contributed by atoms with Gasteiger partial charge in [-0.25, -0.2) is 0 Å². The Hall–Kier alpha value is -2.21. The normalized spacial score (nSPS) is 23.3. The smallest absolute Gasteiger partial charge is 0.323 e. The molecule has 0 spiro atoms. The number of hydrogen-bond acceptors (Lipinski definition) is 4. The second kappa shape index (κ2) is 7.13. The summed E-state index contributed by atoms with van der Waals surface area (Å²) in [5.41, 5.74) is 4.49. The second-order valence-corrected chi connectivity index (χ2v) is 6.08. The highest BCUT2D eigenvalue weighted by Crippen LogP contribution is 2.24. The topological polar surface area (TPSA) is 78.8 Å². The van der Waals surface area contributed by atoms with Crippen LogP contribution in [0, 0.1) is 6.92 Å². The average Bonchev–Trinajstić information content (AvgIpc) is 2.95. The van der Waals surface area contributed by atoms with Gasteiger partial charge in [-0.2, -0.15) is 0 Å². The summed E-state index contributed by atoms with van der Waals surface area (Å²) < 4.78 is 5.71. The number of carboxylic acid groups (broad SMARTS) is 1. The summed E-state index contributed by atoms with van der Waals surface area (Å²) in [6.07, 6.45) is -1.55. The van der Waals surface area contributed by atoms with Gasteiger partial charge in [-0.15, -0.1) is 0 Å². The average molecular weight is 327 g/mol. The summed E-state index contributed by atoms with van der Waals surface area (Å²) in [4.78, 5) is 11.0. The number of carbonyl (C=O) groups is 1. The van der Waals surface area contributed by atoms with E-state index in [0.717, 1.165) is 11.1 Å². The standard InChI is InChI=1S/C19H21NO4/c1-12-9-13(7-8-15(12)14-5-3-2-4-6-14)11-24-16-10-20-17(18(16)21)19(22)23/h2-9,16-18,20-21H,10-11H2,1H3,(H,22,23)/t16-,17+,18+/m0/s1. The fraction of sp³-hybridized carbons (Fsp3) is 0.316. The van der Waals surface area contributed by atoms with E-state index in [9.17, 15) is 9.90 Å². The SMILES string of the molecule is Cc1cc(CO[C@H]2CN[C@@H](C(=O)O)[C@@H]2O)ccc1-c1ccccc1. The van der Waals surface area contributed by atoms with Gasteiger partial charge in [0.1, 0.15) is 12.1 Å². The fourth-order valence-corrected chi connectivity index (χ4v) is 3.05. The van der Waals surface area contributed by atoms with E-state index in [4.69, 9.17) is 9.84 Å². The Bertz CT molecular complexity index is 717. The third kappa shape index (κ3) is 3.48. The highest BCUT2D eigenvalue weighted by atomic mass is 16.5. The molecular formula is C19H21NO4. The Balaban J connectivity index is 1.65. The van der Waals surface area contributed by atoms with Gasteiger partial charge in [0, 0.05) is 6.54 Å². The quantitative estimate of drug-likeness (QED) is 0.782. The minimum absolute atomic E-state index is 0.333. The van der Waals surface area contributed by atoms with E-state index in [1.54, 1.807) is 0 Å². The molecule has 24 heavy (non-hydrogen) atoms. The zero-order valence-electron chi connectivity index (χ0n) is 13.5. The van der Waals surface area contributed by atoms with E-state index in [2.05, 4.69) is 36.5 Å². The number of aryl methyl sites for hydroxylation is 1. The number of ether oxygens (including phenoxy) is 1. The maximum absolute atomic E-state index is 11.0. The van der Waals surface area contributed by atoms with Gasteiger partial charge in [0.2, 0.25) is 0 Å². The summed E-state index contributed by atoms with van der Waals surface area (Å²) in [7, 11) is 0. The first-order valence-electron chi connectivity index (χ1n) is 7.97. The van der Waals surface area contributed by atoms with Crippen LogP contribution in [0.25, 0.3) is 11.1 Å². The van der Waals surface area contributed by atoms with Gasteiger partial charge < -0.3 is 14.9 Å². The van der Waals surface area contributed by atoms with Crippen LogP contribution in [-0.4, -0.2) is 41.0 Å². The van der Waals surface area contributed by atoms with Crippen molar-refractivity contribution in [2.45, 2.75) is 31.8 Å². The molecule has 0 aromatic heterocycles. The Morgan fingerprint density at radius 2 is 2.00 bits per heavy atom. The van der Waals surface area contributed by atoms with E-state index in [1.807, 2.05) is 24.3 Å². The molecule has 2 aromatic rings. The minimum Gasteiger partial charge on any atom is -0.480 e. The van der Waals surface area contributed by atoms with Crippen LogP contribution in [0.1, 0.15) is 11.1 Å².